The van der Waals surface area contributed by atoms with Gasteiger partial charge in [-0.25, -0.2) is 9.37 Å². The van der Waals surface area contributed by atoms with E-state index in [4.69, 9.17) is 0 Å². The van der Waals surface area contributed by atoms with E-state index >= 15 is 0 Å². The fourth-order valence-corrected chi connectivity index (χ4v) is 2.36. The number of aryl methyl sites for hydroxylation is 1. The molecule has 1 N–H and O–H groups in total. The largest absolute Gasteiger partial charge is 0.338 e. The highest BCUT2D eigenvalue weighted by Gasteiger charge is 2.10. The summed E-state index contributed by atoms with van der Waals surface area (Å²) in [6.07, 6.45) is 7.45. The van der Waals surface area contributed by atoms with Gasteiger partial charge in [0.15, 0.2) is 0 Å². The van der Waals surface area contributed by atoms with Crippen LogP contribution in [0.3, 0.4) is 0 Å². The van der Waals surface area contributed by atoms with Gasteiger partial charge in [-0.2, -0.15) is 0 Å². The molecule has 0 atom stereocenters. The molecule has 0 aliphatic carbocycles. The summed E-state index contributed by atoms with van der Waals surface area (Å²) in [5, 5.41) is 0. The van der Waals surface area contributed by atoms with Gasteiger partial charge in [-0.05, 0) is 31.2 Å². The number of nitrogens with one attached hydrogen (secondary N) is 1. The molecule has 0 aliphatic rings. The lowest BCUT2D eigenvalue weighted by atomic mass is 10.1. The van der Waals surface area contributed by atoms with Crippen molar-refractivity contribution in [3.63, 3.8) is 0 Å². The standard InChI is InChI=1S/C15H12FN3.C5H12/c1-10-11(6-4-8-17-10)15-18-9-14(19-15)12-5-2-3-7-13(12)16;1-3-5-4-2/h2-9H,1H3,(H,18,19);3-5H2,1-2H3. The van der Waals surface area contributed by atoms with Crippen molar-refractivity contribution in [2.24, 2.45) is 0 Å². The molecule has 0 saturated heterocycles. The zero-order chi connectivity index (χ0) is 17.4. The summed E-state index contributed by atoms with van der Waals surface area (Å²) in [6.45, 7) is 6.34. The smallest absolute Gasteiger partial charge is 0.139 e. The molecule has 0 spiro atoms. The Morgan fingerprint density at radius 1 is 0.958 bits per heavy atom. The molecular weight excluding hydrogens is 301 g/mol. The third kappa shape index (κ3) is 4.51. The molecule has 3 aromatic rings. The summed E-state index contributed by atoms with van der Waals surface area (Å²) < 4.78 is 13.7. The van der Waals surface area contributed by atoms with Crippen LogP contribution in [0.1, 0.15) is 38.8 Å². The van der Waals surface area contributed by atoms with E-state index in [1.165, 1.54) is 25.3 Å². The van der Waals surface area contributed by atoms with Gasteiger partial charge in [0.1, 0.15) is 11.6 Å². The van der Waals surface area contributed by atoms with Crippen LogP contribution < -0.4 is 0 Å². The Hall–Kier alpha value is -2.49. The van der Waals surface area contributed by atoms with Crippen LogP contribution in [0.2, 0.25) is 0 Å². The fraction of sp³-hybridized carbons (Fsp3) is 0.300. The second-order valence-corrected chi connectivity index (χ2v) is 5.62. The Bertz CT molecular complexity index is 703. The average Bonchev–Trinajstić information content (AvgIpc) is 3.06. The maximum absolute atomic E-state index is 13.7. The van der Waals surface area contributed by atoms with Gasteiger partial charge in [-0.1, -0.05) is 45.2 Å². The van der Waals surface area contributed by atoms with E-state index in [9.17, 15) is 4.39 Å². The minimum atomic E-state index is -0.263. The quantitative estimate of drug-likeness (QED) is 0.660. The van der Waals surface area contributed by atoms with Gasteiger partial charge in [0, 0.05) is 23.0 Å². The van der Waals surface area contributed by atoms with Crippen molar-refractivity contribution in [1.82, 2.24) is 15.0 Å². The Kier molecular flexibility index (Phi) is 6.67. The first-order valence-corrected chi connectivity index (χ1v) is 8.39. The van der Waals surface area contributed by atoms with Crippen LogP contribution in [0.15, 0.2) is 48.8 Å². The van der Waals surface area contributed by atoms with Crippen molar-refractivity contribution in [2.45, 2.75) is 40.0 Å². The highest BCUT2D eigenvalue weighted by Crippen LogP contribution is 2.24. The lowest BCUT2D eigenvalue weighted by Gasteiger charge is -2.01. The summed E-state index contributed by atoms with van der Waals surface area (Å²) in [7, 11) is 0. The number of aromatic amines is 1. The number of pyridine rings is 1. The van der Waals surface area contributed by atoms with E-state index in [0.717, 1.165) is 11.3 Å². The maximum Gasteiger partial charge on any atom is 0.139 e. The normalized spacial score (nSPS) is 10.2. The number of H-pyrrole nitrogens is 1. The molecule has 0 radical (unpaired) electrons. The number of hydrogen-bond donors (Lipinski definition) is 1. The van der Waals surface area contributed by atoms with Gasteiger partial charge in [0.25, 0.3) is 0 Å². The van der Waals surface area contributed by atoms with Gasteiger partial charge in [-0.3, -0.25) is 4.98 Å². The first-order chi connectivity index (χ1) is 11.7. The van der Waals surface area contributed by atoms with E-state index in [-0.39, 0.29) is 5.82 Å². The van der Waals surface area contributed by atoms with Gasteiger partial charge >= 0.3 is 0 Å². The van der Waals surface area contributed by atoms with Crippen LogP contribution >= 0.6 is 0 Å². The molecule has 1 aromatic carbocycles. The number of aromatic nitrogens is 3. The van der Waals surface area contributed by atoms with Crippen molar-refractivity contribution in [1.29, 1.82) is 0 Å². The summed E-state index contributed by atoms with van der Waals surface area (Å²) in [5.41, 5.74) is 2.99. The number of benzene rings is 1. The number of imidazole rings is 1. The van der Waals surface area contributed by atoms with E-state index < -0.39 is 0 Å². The van der Waals surface area contributed by atoms with Crippen LogP contribution in [-0.4, -0.2) is 15.0 Å². The molecule has 2 heterocycles. The molecule has 0 saturated carbocycles. The molecule has 0 unspecified atom stereocenters. The Balaban J connectivity index is 0.000000368. The van der Waals surface area contributed by atoms with E-state index in [0.29, 0.717) is 17.1 Å². The van der Waals surface area contributed by atoms with Crippen molar-refractivity contribution in [2.75, 3.05) is 0 Å². The summed E-state index contributed by atoms with van der Waals surface area (Å²) in [6, 6.07) is 10.4. The first kappa shape index (κ1) is 17.9. The molecule has 0 amide bonds. The molecule has 3 nitrogen and oxygen atoms in total. The Morgan fingerprint density at radius 2 is 1.67 bits per heavy atom. The fourth-order valence-electron chi connectivity index (χ4n) is 2.36. The van der Waals surface area contributed by atoms with Gasteiger partial charge in [0.05, 0.1) is 11.9 Å². The van der Waals surface area contributed by atoms with Gasteiger partial charge < -0.3 is 4.98 Å². The van der Waals surface area contributed by atoms with Gasteiger partial charge in [-0.15, -0.1) is 0 Å². The van der Waals surface area contributed by atoms with Crippen LogP contribution in [0.4, 0.5) is 4.39 Å². The highest BCUT2D eigenvalue weighted by atomic mass is 19.1. The Morgan fingerprint density at radius 3 is 2.29 bits per heavy atom. The van der Waals surface area contributed by atoms with Crippen LogP contribution in [0.25, 0.3) is 22.6 Å². The first-order valence-electron chi connectivity index (χ1n) is 8.39. The summed E-state index contributed by atoms with van der Waals surface area (Å²) >= 11 is 0. The molecule has 4 heteroatoms. The monoisotopic (exact) mass is 325 g/mol. The molecule has 3 rings (SSSR count). The number of rotatable bonds is 4. The topological polar surface area (TPSA) is 41.6 Å². The second-order valence-electron chi connectivity index (χ2n) is 5.62. The van der Waals surface area contributed by atoms with Crippen molar-refractivity contribution >= 4 is 0 Å². The van der Waals surface area contributed by atoms with Crippen LogP contribution in [0.5, 0.6) is 0 Å². The molecule has 126 valence electrons. The second kappa shape index (κ2) is 8.96. The lowest BCUT2D eigenvalue weighted by molar-refractivity contribution is 0.631. The summed E-state index contributed by atoms with van der Waals surface area (Å²) in [4.78, 5) is 11.7. The van der Waals surface area contributed by atoms with Gasteiger partial charge in [0.2, 0.25) is 0 Å². The van der Waals surface area contributed by atoms with E-state index in [1.807, 2.05) is 19.1 Å². The van der Waals surface area contributed by atoms with Crippen molar-refractivity contribution < 1.29 is 4.39 Å². The molecule has 2 aromatic heterocycles. The zero-order valence-corrected chi connectivity index (χ0v) is 14.5. The third-order valence-electron chi connectivity index (χ3n) is 3.71. The van der Waals surface area contributed by atoms with Crippen molar-refractivity contribution in [3.05, 3.63) is 60.3 Å². The highest BCUT2D eigenvalue weighted by molar-refractivity contribution is 5.65. The molecule has 24 heavy (non-hydrogen) atoms. The molecule has 0 fully saturated rings. The molecular formula is C20H24FN3. The number of hydrogen-bond acceptors (Lipinski definition) is 2. The molecule has 0 aliphatic heterocycles. The van der Waals surface area contributed by atoms with Crippen molar-refractivity contribution in [3.8, 4) is 22.6 Å². The number of nitrogens with zero attached hydrogens (tertiary/aromatic N) is 2. The van der Waals surface area contributed by atoms with Crippen LogP contribution in [-0.2, 0) is 0 Å². The SMILES string of the molecule is CCCCC.Cc1ncccc1-c1ncc(-c2ccccc2F)[nH]1. The molecule has 0 bridgehead atoms. The maximum atomic E-state index is 13.7. The minimum absolute atomic E-state index is 0.263. The summed E-state index contributed by atoms with van der Waals surface area (Å²) in [5.74, 6) is 0.435. The van der Waals surface area contributed by atoms with E-state index in [1.54, 1.807) is 30.6 Å². The third-order valence-corrected chi connectivity index (χ3v) is 3.71. The number of unbranched alkanes of at least 4 members (excludes halogenated alkanes) is 2. The minimum Gasteiger partial charge on any atom is -0.338 e. The predicted octanol–water partition coefficient (Wildman–Crippen LogP) is 5.78. The van der Waals surface area contributed by atoms with E-state index in [2.05, 4.69) is 28.8 Å². The zero-order valence-electron chi connectivity index (χ0n) is 14.5. The average molecular weight is 325 g/mol. The van der Waals surface area contributed by atoms with Crippen LogP contribution in [0, 0.1) is 12.7 Å². The number of halogens is 1. The predicted molar refractivity (Wildman–Crippen MR) is 97.1 cm³/mol. The lowest BCUT2D eigenvalue weighted by Crippen LogP contribution is -1.88. The Labute approximate surface area is 143 Å².